The van der Waals surface area contributed by atoms with Crippen LogP contribution in [0.1, 0.15) is 40.0 Å². The third-order valence-corrected chi connectivity index (χ3v) is 5.83. The van der Waals surface area contributed by atoms with E-state index in [-0.39, 0.29) is 29.8 Å². The Morgan fingerprint density at radius 1 is 1.22 bits per heavy atom. The summed E-state index contributed by atoms with van der Waals surface area (Å²) >= 11 is 1.50. The van der Waals surface area contributed by atoms with Crippen molar-refractivity contribution in [3.05, 3.63) is 0 Å². The number of hydroxylamine groups is 2. The fourth-order valence-electron chi connectivity index (χ4n) is 2.08. The van der Waals surface area contributed by atoms with Crippen molar-refractivity contribution in [3.63, 3.8) is 0 Å². The van der Waals surface area contributed by atoms with Gasteiger partial charge in [-0.3, -0.25) is 13.8 Å². The van der Waals surface area contributed by atoms with Crippen molar-refractivity contribution in [1.29, 1.82) is 0 Å². The Labute approximate surface area is 139 Å². The van der Waals surface area contributed by atoms with Gasteiger partial charge in [-0.15, -0.1) is 5.06 Å². The third-order valence-electron chi connectivity index (χ3n) is 3.08. The predicted molar refractivity (Wildman–Crippen MR) is 83.7 cm³/mol. The summed E-state index contributed by atoms with van der Waals surface area (Å²) in [5.74, 6) is -2.52. The molecular weight excluding hydrogens is 346 g/mol. The molecule has 0 bridgehead atoms. The third kappa shape index (κ3) is 5.47. The summed E-state index contributed by atoms with van der Waals surface area (Å²) < 4.78 is 28.4. The molecule has 1 aliphatic heterocycles. The molecule has 0 N–H and O–H groups in total. The Hall–Kier alpha value is -1.13. The molecule has 1 rings (SSSR count). The summed E-state index contributed by atoms with van der Waals surface area (Å²) in [6.45, 7) is 5.67. The maximum absolute atomic E-state index is 12.2. The molecule has 2 atom stereocenters. The van der Waals surface area contributed by atoms with Crippen LogP contribution in [0.2, 0.25) is 0 Å². The van der Waals surface area contributed by atoms with E-state index in [4.69, 9.17) is 4.84 Å². The van der Waals surface area contributed by atoms with Crippen LogP contribution < -0.4 is 0 Å². The number of carbonyl (C=O) groups is 3. The van der Waals surface area contributed by atoms with Crippen LogP contribution in [0.5, 0.6) is 0 Å². The van der Waals surface area contributed by atoms with Gasteiger partial charge in [0.05, 0.1) is 7.11 Å². The Morgan fingerprint density at radius 3 is 2.17 bits per heavy atom. The second-order valence-electron chi connectivity index (χ2n) is 5.37. The van der Waals surface area contributed by atoms with Crippen LogP contribution in [0, 0.1) is 0 Å². The molecule has 1 saturated heterocycles. The quantitative estimate of drug-likeness (QED) is 0.459. The molecule has 2 amide bonds. The summed E-state index contributed by atoms with van der Waals surface area (Å²) in [5.41, 5.74) is 0. The van der Waals surface area contributed by atoms with E-state index in [1.807, 2.05) is 13.8 Å². The number of hydrogen-bond acceptors (Lipinski definition) is 8. The van der Waals surface area contributed by atoms with E-state index in [1.165, 1.54) is 11.8 Å². The van der Waals surface area contributed by atoms with Gasteiger partial charge in [-0.1, -0.05) is 20.8 Å². The number of nitrogens with zero attached hydrogens (tertiary/aromatic N) is 1. The number of imide groups is 1. The molecule has 0 aromatic rings. The van der Waals surface area contributed by atoms with E-state index >= 15 is 0 Å². The van der Waals surface area contributed by atoms with Crippen LogP contribution in [0.4, 0.5) is 0 Å². The van der Waals surface area contributed by atoms with Gasteiger partial charge < -0.3 is 4.84 Å². The lowest BCUT2D eigenvalue weighted by Crippen LogP contribution is -2.41. The number of thioether (sulfide) groups is 1. The maximum atomic E-state index is 12.2. The highest BCUT2D eigenvalue weighted by atomic mass is 32.2. The largest absolute Gasteiger partial charge is 0.353 e. The molecule has 0 radical (unpaired) electrons. The van der Waals surface area contributed by atoms with Gasteiger partial charge in [0.1, 0.15) is 0 Å². The molecule has 132 valence electrons. The van der Waals surface area contributed by atoms with E-state index < -0.39 is 33.2 Å². The molecular formula is C13H21NO7S2. The summed E-state index contributed by atoms with van der Waals surface area (Å²) in [5, 5.41) is -1.19. The minimum atomic E-state index is -4.20. The topological polar surface area (TPSA) is 107 Å². The van der Waals surface area contributed by atoms with Crippen molar-refractivity contribution >= 4 is 39.7 Å². The smallest absolute Gasteiger partial charge is 0.329 e. The molecule has 23 heavy (non-hydrogen) atoms. The average Bonchev–Trinajstić information content (AvgIpc) is 2.75. The zero-order valence-corrected chi connectivity index (χ0v) is 15.1. The first-order chi connectivity index (χ1) is 10.6. The highest BCUT2D eigenvalue weighted by molar-refractivity contribution is 8.00. The molecule has 0 aliphatic carbocycles. The van der Waals surface area contributed by atoms with E-state index in [0.29, 0.717) is 5.06 Å². The van der Waals surface area contributed by atoms with Crippen LogP contribution in [-0.4, -0.2) is 54.1 Å². The van der Waals surface area contributed by atoms with Crippen molar-refractivity contribution < 1.29 is 31.8 Å². The Balaban J connectivity index is 2.89. The molecule has 0 spiro atoms. The second-order valence-corrected chi connectivity index (χ2v) is 9.28. The lowest BCUT2D eigenvalue weighted by molar-refractivity contribution is -0.197. The molecule has 2 unspecified atom stereocenters. The maximum Gasteiger partial charge on any atom is 0.353 e. The first-order valence-corrected chi connectivity index (χ1v) is 9.52. The van der Waals surface area contributed by atoms with Gasteiger partial charge in [0.2, 0.25) is 0 Å². The van der Waals surface area contributed by atoms with Gasteiger partial charge in [-0.2, -0.15) is 20.2 Å². The molecule has 0 aromatic heterocycles. The Bertz CT molecular complexity index is 557. The average molecular weight is 367 g/mol. The first kappa shape index (κ1) is 19.9. The molecule has 10 heteroatoms. The minimum Gasteiger partial charge on any atom is -0.329 e. The van der Waals surface area contributed by atoms with Crippen molar-refractivity contribution in [3.8, 4) is 0 Å². The molecule has 0 aromatic carbocycles. The second kappa shape index (κ2) is 8.11. The van der Waals surface area contributed by atoms with E-state index in [0.717, 1.165) is 7.11 Å². The molecule has 1 fully saturated rings. The van der Waals surface area contributed by atoms with E-state index in [9.17, 15) is 22.8 Å². The van der Waals surface area contributed by atoms with E-state index in [2.05, 4.69) is 4.18 Å². The molecule has 1 aliphatic rings. The standard InChI is InChI=1S/C13H21NO7S2/c1-8(2)22-9(3)7-10(23(18,19)20-4)13(17)21-14-11(15)5-6-12(14)16/h8-10H,5-7H2,1-4H3. The number of carbonyl (C=O) groups excluding carboxylic acids is 3. The predicted octanol–water partition coefficient (Wildman–Crippen LogP) is 0.859. The SMILES string of the molecule is COS(=O)(=O)C(CC(C)SC(C)C)C(=O)ON1C(=O)CCC1=O. The normalized spacial score (nSPS) is 18.4. The molecule has 0 saturated carbocycles. The van der Waals surface area contributed by atoms with Crippen molar-refractivity contribution in [2.24, 2.45) is 0 Å². The lowest BCUT2D eigenvalue weighted by atomic mass is 10.2. The van der Waals surface area contributed by atoms with Crippen LogP contribution >= 0.6 is 11.8 Å². The summed E-state index contributed by atoms with van der Waals surface area (Å²) in [6.07, 6.45) is -0.172. The van der Waals surface area contributed by atoms with Gasteiger partial charge >= 0.3 is 5.97 Å². The number of hydrogen-bond donors (Lipinski definition) is 0. The van der Waals surface area contributed by atoms with Gasteiger partial charge in [-0.25, -0.2) is 4.79 Å². The number of rotatable bonds is 8. The van der Waals surface area contributed by atoms with Gasteiger partial charge in [0.25, 0.3) is 21.9 Å². The summed E-state index contributed by atoms with van der Waals surface area (Å²) in [7, 11) is -3.26. The molecule has 8 nitrogen and oxygen atoms in total. The zero-order valence-electron chi connectivity index (χ0n) is 13.5. The van der Waals surface area contributed by atoms with Crippen LogP contribution in [0.15, 0.2) is 0 Å². The van der Waals surface area contributed by atoms with Gasteiger partial charge in [-0.05, 0) is 11.7 Å². The number of amides is 2. The Kier molecular flexibility index (Phi) is 7.02. The fraction of sp³-hybridized carbons (Fsp3) is 0.769. The lowest BCUT2D eigenvalue weighted by Gasteiger charge is -2.21. The first-order valence-electron chi connectivity index (χ1n) is 7.11. The summed E-state index contributed by atoms with van der Waals surface area (Å²) in [6, 6.07) is 0. The van der Waals surface area contributed by atoms with E-state index in [1.54, 1.807) is 6.92 Å². The van der Waals surface area contributed by atoms with Gasteiger partial charge in [0, 0.05) is 18.1 Å². The van der Waals surface area contributed by atoms with Crippen LogP contribution in [-0.2, 0) is 33.5 Å². The monoisotopic (exact) mass is 367 g/mol. The van der Waals surface area contributed by atoms with Crippen molar-refractivity contribution in [1.82, 2.24) is 5.06 Å². The highest BCUT2D eigenvalue weighted by Gasteiger charge is 2.40. The van der Waals surface area contributed by atoms with Crippen LogP contribution in [0.3, 0.4) is 0 Å². The van der Waals surface area contributed by atoms with Crippen molar-refractivity contribution in [2.75, 3.05) is 7.11 Å². The Morgan fingerprint density at radius 2 is 1.74 bits per heavy atom. The fourth-order valence-corrected chi connectivity index (χ4v) is 4.47. The zero-order chi connectivity index (χ0) is 17.8. The summed E-state index contributed by atoms with van der Waals surface area (Å²) in [4.78, 5) is 39.8. The van der Waals surface area contributed by atoms with Gasteiger partial charge in [0.15, 0.2) is 5.25 Å². The molecule has 1 heterocycles. The minimum absolute atomic E-state index is 0.0475. The highest BCUT2D eigenvalue weighted by Crippen LogP contribution is 2.25. The van der Waals surface area contributed by atoms with Crippen molar-refractivity contribution in [2.45, 2.75) is 55.8 Å². The van der Waals surface area contributed by atoms with Crippen LogP contribution in [0.25, 0.3) is 0 Å².